The summed E-state index contributed by atoms with van der Waals surface area (Å²) in [5.74, 6) is 0.200. The van der Waals surface area contributed by atoms with E-state index in [9.17, 15) is 4.39 Å². The summed E-state index contributed by atoms with van der Waals surface area (Å²) in [7, 11) is 1.80. The van der Waals surface area contributed by atoms with Crippen LogP contribution in [-0.2, 0) is 26.6 Å². The minimum absolute atomic E-state index is 0.00116. The van der Waals surface area contributed by atoms with Crippen LogP contribution in [0, 0.1) is 11.7 Å². The van der Waals surface area contributed by atoms with Crippen LogP contribution in [0.4, 0.5) is 10.2 Å². The minimum atomic E-state index is -2.42. The average molecular weight is 513 g/mol. The molecule has 170 valence electrons. The van der Waals surface area contributed by atoms with E-state index in [0.717, 1.165) is 29.7 Å². The van der Waals surface area contributed by atoms with E-state index in [0.29, 0.717) is 22.2 Å². The Labute approximate surface area is 202 Å². The summed E-state index contributed by atoms with van der Waals surface area (Å²) in [4.78, 5) is 3.98. The first kappa shape index (κ1) is 19.3. The van der Waals surface area contributed by atoms with E-state index in [2.05, 4.69) is 31.1 Å². The number of aryl methyl sites for hydroxylation is 1. The quantitative estimate of drug-likeness (QED) is 0.368. The second-order valence-corrected chi connectivity index (χ2v) is 9.21. The summed E-state index contributed by atoms with van der Waals surface area (Å²) in [6.45, 7) is -1.49. The third kappa shape index (κ3) is 5.08. The molecule has 5 rings (SSSR count). The molecule has 9 heteroatoms. The van der Waals surface area contributed by atoms with Gasteiger partial charge in [-0.15, -0.1) is 0 Å². The molecule has 33 heavy (non-hydrogen) atoms. The van der Waals surface area contributed by atoms with E-state index in [1.54, 1.807) is 11.7 Å². The lowest BCUT2D eigenvalue weighted by molar-refractivity contribution is 0.306. The average Bonchev–Trinajstić information content (AvgIpc) is 3.38. The SMILES string of the molecule is [2H]C([2H])(Oc1cc(Br)cnc1N)c1cc(F)ccc1-c1nn(C)cc1Cc1cnn(CC2CC2)c1. The molecule has 1 fully saturated rings. The van der Waals surface area contributed by atoms with E-state index in [1.165, 1.54) is 37.2 Å². The number of nitrogens with two attached hydrogens (primary N) is 1. The molecule has 1 aromatic carbocycles. The maximum atomic E-state index is 14.3. The van der Waals surface area contributed by atoms with Crippen molar-refractivity contribution < 1.29 is 11.9 Å². The van der Waals surface area contributed by atoms with Crippen molar-refractivity contribution in [2.75, 3.05) is 5.73 Å². The number of benzene rings is 1. The Hall–Kier alpha value is -3.20. The molecule has 1 aliphatic rings. The van der Waals surface area contributed by atoms with Gasteiger partial charge in [-0.2, -0.15) is 10.2 Å². The molecule has 4 aromatic rings. The molecule has 7 nitrogen and oxygen atoms in total. The van der Waals surface area contributed by atoms with Crippen molar-refractivity contribution in [1.82, 2.24) is 24.5 Å². The van der Waals surface area contributed by atoms with E-state index in [1.807, 2.05) is 23.3 Å². The number of hydrogen-bond donors (Lipinski definition) is 1. The zero-order valence-electron chi connectivity index (χ0n) is 20.0. The molecule has 2 N–H and O–H groups in total. The van der Waals surface area contributed by atoms with Gasteiger partial charge in [0.1, 0.15) is 12.4 Å². The summed E-state index contributed by atoms with van der Waals surface area (Å²) in [5, 5.41) is 9.06. The van der Waals surface area contributed by atoms with Gasteiger partial charge in [-0.25, -0.2) is 9.37 Å². The third-order valence-electron chi connectivity index (χ3n) is 5.48. The van der Waals surface area contributed by atoms with Gasteiger partial charge < -0.3 is 10.5 Å². The summed E-state index contributed by atoms with van der Waals surface area (Å²) >= 11 is 3.28. The number of halogens is 2. The summed E-state index contributed by atoms with van der Waals surface area (Å²) in [6.07, 6.45) is 10.3. The molecule has 1 aliphatic carbocycles. The highest BCUT2D eigenvalue weighted by molar-refractivity contribution is 9.10. The fourth-order valence-electron chi connectivity index (χ4n) is 3.71. The van der Waals surface area contributed by atoms with Crippen molar-refractivity contribution in [2.45, 2.75) is 32.4 Å². The normalized spacial score (nSPS) is 14.8. The molecular weight excluding hydrogens is 487 g/mol. The molecular formula is C24H24BrFN6O. The smallest absolute Gasteiger partial charge is 0.166 e. The zero-order chi connectivity index (χ0) is 24.7. The summed E-state index contributed by atoms with van der Waals surface area (Å²) < 4.78 is 41.5. The standard InChI is InChI=1S/C24H24BrFN6O/c1-31-13-17(6-16-9-29-32(12-16)11-15-2-3-15)23(30-31)21-5-4-20(26)7-18(21)14-33-22-8-19(25)10-28-24(22)27/h4-5,7-10,12-13,15H,2-3,6,11,14H2,1H3,(H2,27,28)/i14D2. The number of nitrogens with zero attached hydrogens (tertiary/aromatic N) is 5. The molecule has 0 bridgehead atoms. The molecule has 0 radical (unpaired) electrons. The molecule has 3 heterocycles. The molecule has 0 saturated heterocycles. The van der Waals surface area contributed by atoms with Crippen LogP contribution in [0.1, 0.15) is 32.3 Å². The van der Waals surface area contributed by atoms with Crippen LogP contribution >= 0.6 is 15.9 Å². The van der Waals surface area contributed by atoms with E-state index < -0.39 is 12.4 Å². The maximum absolute atomic E-state index is 14.3. The highest BCUT2D eigenvalue weighted by Gasteiger charge is 2.22. The van der Waals surface area contributed by atoms with Crippen molar-refractivity contribution in [2.24, 2.45) is 13.0 Å². The number of pyridine rings is 1. The van der Waals surface area contributed by atoms with Gasteiger partial charge in [-0.05, 0) is 64.5 Å². The van der Waals surface area contributed by atoms with Crippen LogP contribution in [-0.4, -0.2) is 24.5 Å². The highest BCUT2D eigenvalue weighted by atomic mass is 79.9. The lowest BCUT2D eigenvalue weighted by atomic mass is 9.99. The Kier molecular flexibility index (Phi) is 5.24. The van der Waals surface area contributed by atoms with Crippen LogP contribution < -0.4 is 10.5 Å². The minimum Gasteiger partial charge on any atom is -0.485 e. The number of aromatic nitrogens is 5. The highest BCUT2D eigenvalue weighted by Crippen LogP contribution is 2.32. The summed E-state index contributed by atoms with van der Waals surface area (Å²) in [6, 6.07) is 5.46. The molecule has 0 unspecified atom stereocenters. The van der Waals surface area contributed by atoms with Crippen LogP contribution in [0.2, 0.25) is 0 Å². The monoisotopic (exact) mass is 512 g/mol. The predicted molar refractivity (Wildman–Crippen MR) is 127 cm³/mol. The predicted octanol–water partition coefficient (Wildman–Crippen LogP) is 4.74. The lowest BCUT2D eigenvalue weighted by Crippen LogP contribution is -2.03. The topological polar surface area (TPSA) is 83.8 Å². The van der Waals surface area contributed by atoms with Crippen LogP contribution in [0.5, 0.6) is 5.75 Å². The largest absolute Gasteiger partial charge is 0.485 e. The number of anilines is 1. The molecule has 0 atom stereocenters. The Bertz CT molecular complexity index is 1380. The maximum Gasteiger partial charge on any atom is 0.166 e. The van der Waals surface area contributed by atoms with Crippen molar-refractivity contribution in [3.8, 4) is 17.0 Å². The van der Waals surface area contributed by atoms with Crippen LogP contribution in [0.3, 0.4) is 0 Å². The first-order chi connectivity index (χ1) is 16.7. The van der Waals surface area contributed by atoms with Crippen molar-refractivity contribution >= 4 is 21.7 Å². The van der Waals surface area contributed by atoms with Gasteiger partial charge in [-0.3, -0.25) is 9.36 Å². The van der Waals surface area contributed by atoms with Gasteiger partial charge in [-0.1, -0.05) is 0 Å². The Balaban J connectivity index is 1.50. The molecule has 0 aliphatic heterocycles. The molecule has 0 spiro atoms. The second-order valence-electron chi connectivity index (χ2n) is 8.30. The van der Waals surface area contributed by atoms with Crippen molar-refractivity contribution in [3.63, 3.8) is 0 Å². The van der Waals surface area contributed by atoms with Gasteiger partial charge in [0.2, 0.25) is 0 Å². The Morgan fingerprint density at radius 2 is 2.09 bits per heavy atom. The van der Waals surface area contributed by atoms with Crippen molar-refractivity contribution in [1.29, 1.82) is 0 Å². The molecule has 3 aromatic heterocycles. The van der Waals surface area contributed by atoms with Gasteiger partial charge >= 0.3 is 0 Å². The van der Waals surface area contributed by atoms with Crippen molar-refractivity contribution in [3.05, 3.63) is 76.0 Å². The second kappa shape index (κ2) is 8.97. The van der Waals surface area contributed by atoms with E-state index in [-0.39, 0.29) is 17.1 Å². The number of nitrogen functional groups attached to an aromatic ring is 1. The fraction of sp³-hybridized carbons (Fsp3) is 0.292. The Morgan fingerprint density at radius 1 is 1.24 bits per heavy atom. The molecule has 0 amide bonds. The van der Waals surface area contributed by atoms with Gasteiger partial charge in [0.05, 0.1) is 14.6 Å². The van der Waals surface area contributed by atoms with E-state index in [4.69, 9.17) is 13.2 Å². The van der Waals surface area contributed by atoms with Gasteiger partial charge in [0.25, 0.3) is 0 Å². The summed E-state index contributed by atoms with van der Waals surface area (Å²) in [5.41, 5.74) is 8.75. The third-order valence-corrected chi connectivity index (χ3v) is 5.92. The first-order valence-electron chi connectivity index (χ1n) is 11.6. The first-order valence-corrected chi connectivity index (χ1v) is 11.4. The zero-order valence-corrected chi connectivity index (χ0v) is 19.6. The van der Waals surface area contributed by atoms with Gasteiger partial charge in [0.15, 0.2) is 11.6 Å². The lowest BCUT2D eigenvalue weighted by Gasteiger charge is -2.12. The fourth-order valence-corrected chi connectivity index (χ4v) is 4.02. The van der Waals surface area contributed by atoms with E-state index >= 15 is 0 Å². The van der Waals surface area contributed by atoms with Crippen LogP contribution in [0.25, 0.3) is 11.3 Å². The number of rotatable bonds is 8. The van der Waals surface area contributed by atoms with Gasteiger partial charge in [0, 0.05) is 59.8 Å². The number of ether oxygens (including phenoxy) is 1. The number of hydrogen-bond acceptors (Lipinski definition) is 5. The van der Waals surface area contributed by atoms with Crippen LogP contribution in [0.15, 0.2) is 53.5 Å². The molecule has 1 saturated carbocycles. The Morgan fingerprint density at radius 3 is 2.91 bits per heavy atom.